The molecule has 2 aromatic carbocycles. The van der Waals surface area contributed by atoms with Gasteiger partial charge in [-0.15, -0.1) is 0 Å². The second kappa shape index (κ2) is 27.3. The molecule has 0 spiro atoms. The molecule has 8 atom stereocenters. The van der Waals surface area contributed by atoms with E-state index in [0.717, 1.165) is 56.0 Å². The summed E-state index contributed by atoms with van der Waals surface area (Å²) < 4.78 is 137. The summed E-state index contributed by atoms with van der Waals surface area (Å²) in [7, 11) is -14.3. The highest BCUT2D eigenvalue weighted by atomic mass is 32.2. The maximum Gasteiger partial charge on any atom is 0.295 e. The van der Waals surface area contributed by atoms with Crippen molar-refractivity contribution >= 4 is 99.7 Å². The van der Waals surface area contributed by atoms with Crippen LogP contribution in [0.15, 0.2) is 46.2 Å². The van der Waals surface area contributed by atoms with Crippen LogP contribution in [0.25, 0.3) is 12.2 Å². The smallest absolute Gasteiger partial charge is 0.295 e. The second-order valence-electron chi connectivity index (χ2n) is 17.6. The number of benzene rings is 2. The molecule has 0 saturated heterocycles. The van der Waals surface area contributed by atoms with Crippen LogP contribution >= 0.6 is 0 Å². The maximum atomic E-state index is 12.8. The van der Waals surface area contributed by atoms with Crippen molar-refractivity contribution in [3.05, 3.63) is 47.5 Å². The third kappa shape index (κ3) is 19.4. The van der Waals surface area contributed by atoms with Gasteiger partial charge in [0.2, 0.25) is 35.7 Å². The van der Waals surface area contributed by atoms with Gasteiger partial charge < -0.3 is 91.5 Å². The van der Waals surface area contributed by atoms with E-state index in [2.05, 4.69) is 40.5 Å². The Morgan fingerprint density at radius 2 is 0.738 bits per heavy atom. The molecule has 0 amide bonds. The van der Waals surface area contributed by atoms with Crippen molar-refractivity contribution in [2.45, 2.75) is 71.2 Å². The lowest BCUT2D eigenvalue weighted by molar-refractivity contribution is -0.187. The van der Waals surface area contributed by atoms with Gasteiger partial charge in [-0.1, -0.05) is 24.3 Å². The molecule has 2 heterocycles. The molecule has 0 aliphatic rings. The average molecular weight is 1220 g/mol. The zero-order chi connectivity index (χ0) is 60.6. The van der Waals surface area contributed by atoms with Gasteiger partial charge in [-0.05, 0) is 35.4 Å². The van der Waals surface area contributed by atoms with Gasteiger partial charge in [-0.3, -0.25) is 18.2 Å². The standard InChI is InChI=1S/C40H60N12O24S4/c1-49(11-13-77(65,66)67)37-43-35(45-39(47-37)51(3)17-23(53)27(55)29(57)31(59)33(61)62)41-21-9-7-19(25(15-21)79(71,72)73)5-6-20-8-10-22(16-26(20)80(74,75)76)42-36-44-38(50(2)12-14-78(68,69)70)48-40(46-36)52(4)18-24(54)28(56)30(58)32(60)34(63)64/h5-10,15-16,23-24,27-34,53-64H,11-14,17-18H2,1-4H3,(H,65,66,67)(H,68,69,70)(H,71,72,73)(H,74,75,76)(H,41,43,45,47)(H,42,44,46,48). The molecular formula is C40H60N12O24S4. The Hall–Kier alpha value is -5.84. The largest absolute Gasteiger partial charge is 0.388 e. The minimum atomic E-state index is -5.16. The van der Waals surface area contributed by atoms with Crippen LogP contribution in [0.5, 0.6) is 0 Å². The monoisotopic (exact) mass is 1220 g/mol. The van der Waals surface area contributed by atoms with Crippen LogP contribution < -0.4 is 30.2 Å². The number of hydrogen-bond donors (Lipinski definition) is 18. The van der Waals surface area contributed by atoms with Crippen molar-refractivity contribution in [2.75, 3.05) is 96.1 Å². The van der Waals surface area contributed by atoms with E-state index in [0.29, 0.717) is 0 Å². The lowest BCUT2D eigenvalue weighted by Gasteiger charge is -2.30. The first-order valence-corrected chi connectivity index (χ1v) is 28.7. The molecule has 2 aromatic heterocycles. The molecule has 448 valence electrons. The fourth-order valence-electron chi connectivity index (χ4n) is 6.74. The summed E-state index contributed by atoms with van der Waals surface area (Å²) in [5.74, 6) is -3.80. The third-order valence-corrected chi connectivity index (χ3v) is 14.4. The van der Waals surface area contributed by atoms with Gasteiger partial charge in [0.1, 0.15) is 58.6 Å². The van der Waals surface area contributed by atoms with Crippen molar-refractivity contribution in [3.8, 4) is 0 Å². The van der Waals surface area contributed by atoms with Crippen LogP contribution in [0, 0.1) is 0 Å². The molecule has 36 nitrogen and oxygen atoms in total. The summed E-state index contributed by atoms with van der Waals surface area (Å²) in [5.41, 5.74) is -0.925. The van der Waals surface area contributed by atoms with Gasteiger partial charge in [-0.25, -0.2) is 0 Å². The molecule has 40 heteroatoms. The lowest BCUT2D eigenvalue weighted by Crippen LogP contribution is -2.51. The van der Waals surface area contributed by atoms with Gasteiger partial charge in [-0.2, -0.15) is 63.6 Å². The van der Waals surface area contributed by atoms with E-state index in [1.807, 2.05) is 0 Å². The number of aromatic nitrogens is 6. The van der Waals surface area contributed by atoms with Crippen LogP contribution in [-0.4, -0.2) is 270 Å². The molecule has 0 saturated carbocycles. The Balaban J connectivity index is 1.71. The van der Waals surface area contributed by atoms with Crippen LogP contribution in [0.2, 0.25) is 0 Å². The summed E-state index contributed by atoms with van der Waals surface area (Å²) in [6.45, 7) is -2.12. The summed E-state index contributed by atoms with van der Waals surface area (Å²) in [6.07, 6.45) is -20.3. The lowest BCUT2D eigenvalue weighted by atomic mass is 10.0. The molecule has 0 aliphatic carbocycles. The zero-order valence-electron chi connectivity index (χ0n) is 42.2. The second-order valence-corrected chi connectivity index (χ2v) is 23.6. The van der Waals surface area contributed by atoms with Crippen molar-refractivity contribution in [1.82, 2.24) is 29.9 Å². The van der Waals surface area contributed by atoms with Gasteiger partial charge in [0, 0.05) is 65.7 Å². The van der Waals surface area contributed by atoms with Crippen LogP contribution in [0.3, 0.4) is 0 Å². The van der Waals surface area contributed by atoms with E-state index < -0.39 is 161 Å². The van der Waals surface area contributed by atoms with Crippen LogP contribution in [0.4, 0.5) is 47.1 Å². The predicted octanol–water partition coefficient (Wildman–Crippen LogP) is -6.76. The molecular weight excluding hydrogens is 1160 g/mol. The van der Waals surface area contributed by atoms with E-state index in [-0.39, 0.29) is 46.3 Å². The number of nitrogens with zero attached hydrogens (tertiary/aromatic N) is 10. The highest BCUT2D eigenvalue weighted by molar-refractivity contribution is 7.86. The van der Waals surface area contributed by atoms with Gasteiger partial charge in [0.25, 0.3) is 40.5 Å². The molecule has 18 N–H and O–H groups in total. The number of likely N-dealkylation sites (N-methyl/N-ethyl adjacent to an activating group) is 2. The van der Waals surface area contributed by atoms with Crippen LogP contribution in [-0.2, 0) is 40.5 Å². The zero-order valence-corrected chi connectivity index (χ0v) is 45.4. The predicted molar refractivity (Wildman–Crippen MR) is 278 cm³/mol. The fourth-order valence-corrected chi connectivity index (χ4v) is 9.17. The van der Waals surface area contributed by atoms with E-state index >= 15 is 0 Å². The SMILES string of the molecule is CN(CCS(=O)(=O)O)c1nc(Nc2ccc(C=Cc3ccc(Nc4nc(N(C)CCS(=O)(=O)O)nc(N(C)CC(O)C(O)C(O)C(O)C(O)O)n4)cc3S(=O)(=O)O)c(S(=O)(=O)O)c2)nc(N(C)CC(O)C(O)C(O)C(O)C(O)O)n1. The van der Waals surface area contributed by atoms with Crippen molar-refractivity contribution in [1.29, 1.82) is 0 Å². The average Bonchev–Trinajstić information content (AvgIpc) is 3.36. The minimum absolute atomic E-state index is 0.169. The minimum Gasteiger partial charge on any atom is -0.388 e. The highest BCUT2D eigenvalue weighted by Crippen LogP contribution is 2.29. The first kappa shape index (κ1) is 66.7. The Bertz CT molecular complexity index is 3050. The molecule has 8 unspecified atom stereocenters. The third-order valence-electron chi connectivity index (χ3n) is 11.2. The molecule has 0 fully saturated rings. The molecule has 80 heavy (non-hydrogen) atoms. The number of aliphatic hydroxyl groups is 12. The molecule has 0 radical (unpaired) electrons. The van der Waals surface area contributed by atoms with Crippen molar-refractivity contribution in [3.63, 3.8) is 0 Å². The van der Waals surface area contributed by atoms with Gasteiger partial charge in [0.05, 0.1) is 11.5 Å². The van der Waals surface area contributed by atoms with Crippen molar-refractivity contribution < 1.29 is 113 Å². The summed E-state index contributed by atoms with van der Waals surface area (Å²) in [4.78, 5) is 27.8. The Labute approximate surface area is 455 Å². The fraction of sp³-hybridized carbons (Fsp3) is 0.500. The maximum absolute atomic E-state index is 12.8. The normalized spacial score (nSPS) is 15.7. The molecule has 4 aromatic rings. The van der Waals surface area contributed by atoms with E-state index in [4.69, 9.17) is 0 Å². The highest BCUT2D eigenvalue weighted by Gasteiger charge is 2.36. The van der Waals surface area contributed by atoms with E-state index in [9.17, 15) is 113 Å². The number of rotatable bonds is 30. The Morgan fingerprint density at radius 1 is 0.438 bits per heavy atom. The number of anilines is 8. The van der Waals surface area contributed by atoms with Gasteiger partial charge in [0.15, 0.2) is 12.6 Å². The number of hydrogen-bond acceptors (Lipinski definition) is 32. The first-order chi connectivity index (χ1) is 36.8. The Morgan fingerprint density at radius 3 is 1.01 bits per heavy atom. The molecule has 0 aliphatic heterocycles. The molecule has 0 bridgehead atoms. The Kier molecular flexibility index (Phi) is 22.7. The summed E-state index contributed by atoms with van der Waals surface area (Å²) in [6, 6.07) is 6.41. The van der Waals surface area contributed by atoms with Gasteiger partial charge >= 0.3 is 0 Å². The first-order valence-electron chi connectivity index (χ1n) is 22.6. The van der Waals surface area contributed by atoms with Crippen molar-refractivity contribution in [2.24, 2.45) is 0 Å². The number of aliphatic hydroxyl groups excluding tert-OH is 10. The topological polar surface area (TPSA) is 575 Å². The number of nitrogens with one attached hydrogen (secondary N) is 2. The van der Waals surface area contributed by atoms with E-state index in [1.165, 1.54) is 40.3 Å². The quantitative estimate of drug-likeness (QED) is 0.0131. The molecule has 4 rings (SSSR count). The summed E-state index contributed by atoms with van der Waals surface area (Å²) >= 11 is 0. The van der Waals surface area contributed by atoms with Crippen LogP contribution in [0.1, 0.15) is 11.1 Å². The van der Waals surface area contributed by atoms with E-state index in [1.54, 1.807) is 0 Å². The summed E-state index contributed by atoms with van der Waals surface area (Å²) in [5, 5.41) is 124.